The lowest BCUT2D eigenvalue weighted by Gasteiger charge is -2.14. The molecule has 0 aromatic heterocycles. The number of ether oxygens (including phenoxy) is 2. The first kappa shape index (κ1) is 17.2. The van der Waals surface area contributed by atoms with Crippen molar-refractivity contribution in [3.63, 3.8) is 0 Å². The largest absolute Gasteiger partial charge is 0.486 e. The Hall–Kier alpha value is -2.12. The average molecular weight is 339 g/mol. The molecule has 2 rings (SSSR count). The summed E-state index contributed by atoms with van der Waals surface area (Å²) in [5.41, 5.74) is 0.986. The minimum absolute atomic E-state index is 0.0432. The van der Waals surface area contributed by atoms with Gasteiger partial charge in [0.1, 0.15) is 6.61 Å². The lowest BCUT2D eigenvalue weighted by atomic mass is 10.2. The SMILES string of the molecule is COCCOc1c(F)cccc1NS(=O)(=O)c1ccc(C)cc1. The van der Waals surface area contributed by atoms with E-state index in [2.05, 4.69) is 4.72 Å². The van der Waals surface area contributed by atoms with Crippen molar-refractivity contribution in [2.24, 2.45) is 0 Å². The number of methoxy groups -OCH3 is 1. The Labute approximate surface area is 135 Å². The van der Waals surface area contributed by atoms with Gasteiger partial charge in [-0.25, -0.2) is 12.8 Å². The Kier molecular flexibility index (Phi) is 5.57. The van der Waals surface area contributed by atoms with Crippen LogP contribution in [-0.2, 0) is 14.8 Å². The van der Waals surface area contributed by atoms with Crippen molar-refractivity contribution in [2.45, 2.75) is 11.8 Å². The molecular weight excluding hydrogens is 321 g/mol. The third-order valence-electron chi connectivity index (χ3n) is 3.08. The van der Waals surface area contributed by atoms with Gasteiger partial charge >= 0.3 is 0 Å². The van der Waals surface area contributed by atoms with Gasteiger partial charge in [-0.1, -0.05) is 23.8 Å². The molecule has 2 aromatic carbocycles. The zero-order valence-electron chi connectivity index (χ0n) is 12.9. The summed E-state index contributed by atoms with van der Waals surface area (Å²) in [5.74, 6) is -0.801. The van der Waals surface area contributed by atoms with Crippen molar-refractivity contribution in [3.05, 3.63) is 53.8 Å². The second-order valence-corrected chi connectivity index (χ2v) is 6.56. The highest BCUT2D eigenvalue weighted by Gasteiger charge is 2.18. The molecule has 7 heteroatoms. The van der Waals surface area contributed by atoms with Crippen molar-refractivity contribution in [3.8, 4) is 5.75 Å². The number of nitrogens with one attached hydrogen (secondary N) is 1. The van der Waals surface area contributed by atoms with Gasteiger partial charge in [0, 0.05) is 7.11 Å². The maximum absolute atomic E-state index is 13.9. The first-order chi connectivity index (χ1) is 10.9. The zero-order chi connectivity index (χ0) is 16.9. The van der Waals surface area contributed by atoms with Crippen LogP contribution >= 0.6 is 0 Å². The fourth-order valence-electron chi connectivity index (χ4n) is 1.88. The molecule has 23 heavy (non-hydrogen) atoms. The third kappa shape index (κ3) is 4.43. The van der Waals surface area contributed by atoms with E-state index in [1.807, 2.05) is 6.92 Å². The monoisotopic (exact) mass is 339 g/mol. The highest BCUT2D eigenvalue weighted by molar-refractivity contribution is 7.92. The molecule has 0 saturated heterocycles. The number of benzene rings is 2. The predicted octanol–water partition coefficient (Wildman–Crippen LogP) is 2.96. The van der Waals surface area contributed by atoms with Crippen LogP contribution in [0, 0.1) is 12.7 Å². The van der Waals surface area contributed by atoms with Crippen LogP contribution in [0.3, 0.4) is 0 Å². The van der Waals surface area contributed by atoms with Crippen molar-refractivity contribution in [1.29, 1.82) is 0 Å². The quantitative estimate of drug-likeness (QED) is 0.788. The van der Waals surface area contributed by atoms with E-state index < -0.39 is 15.8 Å². The third-order valence-corrected chi connectivity index (χ3v) is 4.46. The van der Waals surface area contributed by atoms with Gasteiger partial charge in [-0.05, 0) is 31.2 Å². The van der Waals surface area contributed by atoms with E-state index in [0.29, 0.717) is 0 Å². The van der Waals surface area contributed by atoms with Gasteiger partial charge in [-0.2, -0.15) is 0 Å². The molecule has 0 spiro atoms. The summed E-state index contributed by atoms with van der Waals surface area (Å²) >= 11 is 0. The number of halogens is 1. The number of rotatable bonds is 7. The van der Waals surface area contributed by atoms with Crippen LogP contribution in [-0.4, -0.2) is 28.7 Å². The molecule has 0 aliphatic rings. The van der Waals surface area contributed by atoms with Crippen molar-refractivity contribution < 1.29 is 22.3 Å². The van der Waals surface area contributed by atoms with E-state index in [-0.39, 0.29) is 29.5 Å². The predicted molar refractivity (Wildman–Crippen MR) is 85.8 cm³/mol. The van der Waals surface area contributed by atoms with Crippen LogP contribution in [0.25, 0.3) is 0 Å². The lowest BCUT2D eigenvalue weighted by Crippen LogP contribution is -2.15. The fraction of sp³-hybridized carbons (Fsp3) is 0.250. The molecular formula is C16H18FNO4S. The molecule has 0 aliphatic carbocycles. The number of aryl methyl sites for hydroxylation is 1. The second-order valence-electron chi connectivity index (χ2n) is 4.88. The van der Waals surface area contributed by atoms with Gasteiger partial charge in [0.15, 0.2) is 11.6 Å². The van der Waals surface area contributed by atoms with Gasteiger partial charge in [-0.3, -0.25) is 4.72 Å². The van der Waals surface area contributed by atoms with Crippen molar-refractivity contribution >= 4 is 15.7 Å². The number of hydrogen-bond acceptors (Lipinski definition) is 4. The topological polar surface area (TPSA) is 64.6 Å². The summed E-state index contributed by atoms with van der Waals surface area (Å²) in [4.78, 5) is 0.0928. The highest BCUT2D eigenvalue weighted by atomic mass is 32.2. The molecule has 0 heterocycles. The van der Waals surface area contributed by atoms with E-state index in [1.165, 1.54) is 37.4 Å². The molecule has 2 aromatic rings. The Morgan fingerprint density at radius 3 is 2.43 bits per heavy atom. The van der Waals surface area contributed by atoms with Crippen molar-refractivity contribution in [1.82, 2.24) is 0 Å². The minimum atomic E-state index is -3.83. The van der Waals surface area contributed by atoms with Crippen LogP contribution in [0.5, 0.6) is 5.75 Å². The summed E-state index contributed by atoms with van der Waals surface area (Å²) in [6.07, 6.45) is 0. The smallest absolute Gasteiger partial charge is 0.262 e. The van der Waals surface area contributed by atoms with Crippen LogP contribution < -0.4 is 9.46 Å². The van der Waals surface area contributed by atoms with Gasteiger partial charge in [0.2, 0.25) is 0 Å². The van der Waals surface area contributed by atoms with Gasteiger partial charge in [0.25, 0.3) is 10.0 Å². The normalized spacial score (nSPS) is 11.3. The second kappa shape index (κ2) is 7.43. The summed E-state index contributed by atoms with van der Waals surface area (Å²) in [6, 6.07) is 10.4. The Balaban J connectivity index is 2.28. The van der Waals surface area contributed by atoms with Crippen LogP contribution in [0.4, 0.5) is 10.1 Å². The standard InChI is InChI=1S/C16H18FNO4S/c1-12-6-8-13(9-7-12)23(19,20)18-15-5-3-4-14(17)16(15)22-11-10-21-2/h3-9,18H,10-11H2,1-2H3. The molecule has 0 amide bonds. The number of hydrogen-bond donors (Lipinski definition) is 1. The summed E-state index contributed by atoms with van der Waals surface area (Å²) in [7, 11) is -2.34. The van der Waals surface area contributed by atoms with Gasteiger partial charge < -0.3 is 9.47 Å². The summed E-state index contributed by atoms with van der Waals surface area (Å²) < 4.78 is 51.2. The molecule has 124 valence electrons. The fourth-order valence-corrected chi connectivity index (χ4v) is 2.95. The zero-order valence-corrected chi connectivity index (χ0v) is 13.7. The van der Waals surface area contributed by atoms with E-state index >= 15 is 0 Å². The molecule has 0 fully saturated rings. The van der Waals surface area contributed by atoms with E-state index in [1.54, 1.807) is 12.1 Å². The van der Waals surface area contributed by atoms with Gasteiger partial charge in [0.05, 0.1) is 17.2 Å². The van der Waals surface area contributed by atoms with Crippen LogP contribution in [0.15, 0.2) is 47.4 Å². The first-order valence-electron chi connectivity index (χ1n) is 6.94. The molecule has 0 bridgehead atoms. The maximum Gasteiger partial charge on any atom is 0.262 e. The Morgan fingerprint density at radius 1 is 1.09 bits per heavy atom. The van der Waals surface area contributed by atoms with E-state index in [4.69, 9.17) is 9.47 Å². The number of anilines is 1. The molecule has 0 aliphatic heterocycles. The molecule has 0 unspecified atom stereocenters. The lowest BCUT2D eigenvalue weighted by molar-refractivity contribution is 0.144. The Morgan fingerprint density at radius 2 is 1.78 bits per heavy atom. The van der Waals surface area contributed by atoms with Gasteiger partial charge in [-0.15, -0.1) is 0 Å². The van der Waals surface area contributed by atoms with Crippen LogP contribution in [0.1, 0.15) is 5.56 Å². The molecule has 0 radical (unpaired) electrons. The first-order valence-corrected chi connectivity index (χ1v) is 8.42. The van der Waals surface area contributed by atoms with Crippen molar-refractivity contribution in [2.75, 3.05) is 25.0 Å². The summed E-state index contributed by atoms with van der Waals surface area (Å²) in [6.45, 7) is 2.23. The maximum atomic E-state index is 13.9. The van der Waals surface area contributed by atoms with Crippen LogP contribution in [0.2, 0.25) is 0 Å². The molecule has 0 atom stereocenters. The Bertz CT molecular complexity index is 760. The highest BCUT2D eigenvalue weighted by Crippen LogP contribution is 2.29. The summed E-state index contributed by atoms with van der Waals surface area (Å²) in [5, 5.41) is 0. The molecule has 1 N–H and O–H groups in total. The van der Waals surface area contributed by atoms with E-state index in [0.717, 1.165) is 5.56 Å². The molecule has 5 nitrogen and oxygen atoms in total. The minimum Gasteiger partial charge on any atom is -0.486 e. The number of para-hydroxylation sites is 1. The van der Waals surface area contributed by atoms with E-state index in [9.17, 15) is 12.8 Å². The molecule has 0 saturated carbocycles. The average Bonchev–Trinajstić information content (AvgIpc) is 2.50. The number of sulfonamides is 1.